The number of H-pyrrole nitrogens is 1. The number of benzene rings is 1. The average Bonchev–Trinajstić information content (AvgIpc) is 2.45. The fraction of sp³-hybridized carbons (Fsp3) is 0.333. The zero-order valence-corrected chi connectivity index (χ0v) is 13.5. The first-order valence-electron chi connectivity index (χ1n) is 7.42. The summed E-state index contributed by atoms with van der Waals surface area (Å²) in [5.74, 6) is 6.00. The van der Waals surface area contributed by atoms with E-state index < -0.39 is 11.7 Å². The van der Waals surface area contributed by atoms with Gasteiger partial charge in [0.15, 0.2) is 5.43 Å². The number of ether oxygens (including phenoxy) is 1. The van der Waals surface area contributed by atoms with Gasteiger partial charge in [0.2, 0.25) is 0 Å². The SMILES string of the molecule is CC(C)(C)OC(=O)NCCC#Cc1ccc2c(=O)cc[nH]c2c1. The summed E-state index contributed by atoms with van der Waals surface area (Å²) in [6, 6.07) is 6.91. The molecular formula is C18H20N2O3. The lowest BCUT2D eigenvalue weighted by Gasteiger charge is -2.19. The van der Waals surface area contributed by atoms with Crippen LogP contribution in [0.2, 0.25) is 0 Å². The molecule has 0 unspecified atom stereocenters. The van der Waals surface area contributed by atoms with Crippen molar-refractivity contribution in [2.75, 3.05) is 6.54 Å². The van der Waals surface area contributed by atoms with Crippen LogP contribution in [0.25, 0.3) is 10.9 Å². The quantitative estimate of drug-likeness (QED) is 0.661. The summed E-state index contributed by atoms with van der Waals surface area (Å²) >= 11 is 0. The lowest BCUT2D eigenvalue weighted by Crippen LogP contribution is -2.32. The second kappa shape index (κ2) is 7.01. The topological polar surface area (TPSA) is 71.2 Å². The minimum atomic E-state index is -0.502. The van der Waals surface area contributed by atoms with E-state index in [-0.39, 0.29) is 5.43 Å². The first-order chi connectivity index (χ1) is 10.8. The number of nitrogens with one attached hydrogen (secondary N) is 2. The zero-order chi connectivity index (χ0) is 16.9. The smallest absolute Gasteiger partial charge is 0.407 e. The number of aromatic nitrogens is 1. The molecule has 23 heavy (non-hydrogen) atoms. The molecule has 1 aromatic carbocycles. The Hall–Kier alpha value is -2.74. The Bertz CT molecular complexity index is 820. The van der Waals surface area contributed by atoms with Crippen LogP contribution in [0.5, 0.6) is 0 Å². The van der Waals surface area contributed by atoms with Crippen LogP contribution in [-0.4, -0.2) is 23.2 Å². The van der Waals surface area contributed by atoms with Gasteiger partial charge in [0, 0.05) is 36.2 Å². The number of rotatable bonds is 2. The van der Waals surface area contributed by atoms with Crippen molar-refractivity contribution in [3.8, 4) is 11.8 Å². The van der Waals surface area contributed by atoms with Gasteiger partial charge in [-0.05, 0) is 39.0 Å². The van der Waals surface area contributed by atoms with Gasteiger partial charge < -0.3 is 15.0 Å². The number of aromatic amines is 1. The predicted molar refractivity (Wildman–Crippen MR) is 90.3 cm³/mol. The molecule has 5 heteroatoms. The molecule has 2 rings (SSSR count). The standard InChI is InChI=1S/C18H20N2O3/c1-18(2,3)23-17(22)20-10-5-4-6-13-7-8-14-15(12-13)19-11-9-16(14)21/h7-9,11-12H,5,10H2,1-3H3,(H,19,21)(H,20,22). The lowest BCUT2D eigenvalue weighted by molar-refractivity contribution is 0.0529. The third-order valence-corrected chi connectivity index (χ3v) is 2.91. The third-order valence-electron chi connectivity index (χ3n) is 2.91. The minimum absolute atomic E-state index is 0.0141. The van der Waals surface area contributed by atoms with E-state index >= 15 is 0 Å². The normalized spacial score (nSPS) is 10.7. The Kier molecular flexibility index (Phi) is 5.07. The zero-order valence-electron chi connectivity index (χ0n) is 13.5. The molecule has 1 heterocycles. The van der Waals surface area contributed by atoms with Crippen LogP contribution < -0.4 is 10.7 Å². The van der Waals surface area contributed by atoms with E-state index in [1.807, 2.05) is 32.9 Å². The van der Waals surface area contributed by atoms with Gasteiger partial charge in [-0.3, -0.25) is 4.79 Å². The molecule has 0 aliphatic rings. The van der Waals surface area contributed by atoms with Crippen LogP contribution in [0, 0.1) is 11.8 Å². The Morgan fingerprint density at radius 3 is 2.83 bits per heavy atom. The molecule has 0 fully saturated rings. The highest BCUT2D eigenvalue weighted by Crippen LogP contribution is 2.09. The highest BCUT2D eigenvalue weighted by molar-refractivity contribution is 5.79. The molecule has 0 bridgehead atoms. The molecular weight excluding hydrogens is 292 g/mol. The Morgan fingerprint density at radius 1 is 1.30 bits per heavy atom. The molecule has 1 aromatic heterocycles. The fourth-order valence-corrected chi connectivity index (χ4v) is 1.96. The molecule has 0 saturated heterocycles. The number of carbonyl (C=O) groups excluding carboxylic acids is 1. The molecule has 5 nitrogen and oxygen atoms in total. The summed E-state index contributed by atoms with van der Waals surface area (Å²) in [6.07, 6.45) is 1.69. The van der Waals surface area contributed by atoms with Gasteiger partial charge in [-0.2, -0.15) is 0 Å². The van der Waals surface area contributed by atoms with Crippen LogP contribution in [0.3, 0.4) is 0 Å². The van der Waals surface area contributed by atoms with Gasteiger partial charge in [0.1, 0.15) is 5.60 Å². The van der Waals surface area contributed by atoms with E-state index in [1.165, 1.54) is 6.07 Å². The van der Waals surface area contributed by atoms with E-state index in [0.29, 0.717) is 18.4 Å². The van der Waals surface area contributed by atoms with Crippen molar-refractivity contribution in [3.05, 3.63) is 46.2 Å². The maximum absolute atomic E-state index is 11.6. The average molecular weight is 312 g/mol. The largest absolute Gasteiger partial charge is 0.444 e. The summed E-state index contributed by atoms with van der Waals surface area (Å²) in [7, 11) is 0. The maximum atomic E-state index is 11.6. The second-order valence-corrected chi connectivity index (χ2v) is 6.08. The second-order valence-electron chi connectivity index (χ2n) is 6.08. The van der Waals surface area contributed by atoms with Gasteiger partial charge in [-0.15, -0.1) is 0 Å². The molecule has 2 N–H and O–H groups in total. The molecule has 1 amide bonds. The van der Waals surface area contributed by atoms with Crippen LogP contribution in [0.4, 0.5) is 4.79 Å². The molecule has 120 valence electrons. The third kappa shape index (κ3) is 5.19. The van der Waals surface area contributed by atoms with Crippen LogP contribution in [0.1, 0.15) is 32.8 Å². The monoisotopic (exact) mass is 312 g/mol. The summed E-state index contributed by atoms with van der Waals surface area (Å²) < 4.78 is 5.13. The van der Waals surface area contributed by atoms with Gasteiger partial charge in [-0.25, -0.2) is 4.79 Å². The molecule has 0 saturated carbocycles. The molecule has 0 radical (unpaired) electrons. The minimum Gasteiger partial charge on any atom is -0.444 e. The van der Waals surface area contributed by atoms with E-state index in [9.17, 15) is 9.59 Å². The van der Waals surface area contributed by atoms with E-state index in [4.69, 9.17) is 4.74 Å². The van der Waals surface area contributed by atoms with Gasteiger partial charge in [0.25, 0.3) is 0 Å². The number of hydrogen-bond donors (Lipinski definition) is 2. The molecule has 0 spiro atoms. The van der Waals surface area contributed by atoms with Crippen molar-refractivity contribution in [2.45, 2.75) is 32.8 Å². The van der Waals surface area contributed by atoms with Crippen molar-refractivity contribution in [1.82, 2.24) is 10.3 Å². The summed E-state index contributed by atoms with van der Waals surface area (Å²) in [4.78, 5) is 26.1. The first-order valence-corrected chi connectivity index (χ1v) is 7.42. The number of amides is 1. The van der Waals surface area contributed by atoms with Crippen LogP contribution >= 0.6 is 0 Å². The van der Waals surface area contributed by atoms with Crippen molar-refractivity contribution in [1.29, 1.82) is 0 Å². The number of alkyl carbamates (subject to hydrolysis) is 1. The molecule has 0 aliphatic heterocycles. The Balaban J connectivity index is 1.90. The van der Waals surface area contributed by atoms with Crippen molar-refractivity contribution < 1.29 is 9.53 Å². The summed E-state index contributed by atoms with van der Waals surface area (Å²) in [5.41, 5.74) is 1.06. The van der Waals surface area contributed by atoms with Crippen molar-refractivity contribution in [3.63, 3.8) is 0 Å². The van der Waals surface area contributed by atoms with Crippen LogP contribution in [0.15, 0.2) is 35.3 Å². The number of carbonyl (C=O) groups is 1. The van der Waals surface area contributed by atoms with Gasteiger partial charge >= 0.3 is 6.09 Å². The fourth-order valence-electron chi connectivity index (χ4n) is 1.96. The molecule has 0 atom stereocenters. The number of hydrogen-bond acceptors (Lipinski definition) is 3. The van der Waals surface area contributed by atoms with Crippen LogP contribution in [-0.2, 0) is 4.74 Å². The summed E-state index contributed by atoms with van der Waals surface area (Å²) in [5, 5.41) is 3.29. The summed E-state index contributed by atoms with van der Waals surface area (Å²) in [6.45, 7) is 5.87. The molecule has 2 aromatic rings. The highest BCUT2D eigenvalue weighted by Gasteiger charge is 2.15. The first kappa shape index (κ1) is 16.6. The van der Waals surface area contributed by atoms with Crippen molar-refractivity contribution >= 4 is 17.0 Å². The lowest BCUT2D eigenvalue weighted by atomic mass is 10.1. The predicted octanol–water partition coefficient (Wildman–Crippen LogP) is 2.79. The highest BCUT2D eigenvalue weighted by atomic mass is 16.6. The van der Waals surface area contributed by atoms with E-state index in [2.05, 4.69) is 22.1 Å². The Morgan fingerprint density at radius 2 is 2.09 bits per heavy atom. The maximum Gasteiger partial charge on any atom is 0.407 e. The van der Waals surface area contributed by atoms with Crippen molar-refractivity contribution in [2.24, 2.45) is 0 Å². The van der Waals surface area contributed by atoms with E-state index in [1.54, 1.807) is 12.3 Å². The molecule has 0 aliphatic carbocycles. The number of fused-ring (bicyclic) bond motifs is 1. The van der Waals surface area contributed by atoms with E-state index in [0.717, 1.165) is 11.1 Å². The van der Waals surface area contributed by atoms with Gasteiger partial charge in [-0.1, -0.05) is 11.8 Å². The number of pyridine rings is 1. The Labute approximate surface area is 135 Å². The van der Waals surface area contributed by atoms with Gasteiger partial charge in [0.05, 0.1) is 5.52 Å².